The predicted octanol–water partition coefficient (Wildman–Crippen LogP) is 3.96. The zero-order chi connectivity index (χ0) is 15.6. The van der Waals surface area contributed by atoms with Crippen molar-refractivity contribution in [2.24, 2.45) is 5.73 Å². The van der Waals surface area contributed by atoms with Gasteiger partial charge in [0.1, 0.15) is 11.6 Å². The summed E-state index contributed by atoms with van der Waals surface area (Å²) in [7, 11) is 0. The summed E-state index contributed by atoms with van der Waals surface area (Å²) >= 11 is 4.82. The van der Waals surface area contributed by atoms with Crippen LogP contribution in [0.15, 0.2) is 30.3 Å². The summed E-state index contributed by atoms with van der Waals surface area (Å²) in [6, 6.07) is 8.71. The van der Waals surface area contributed by atoms with Crippen LogP contribution < -0.4 is 10.5 Å². The van der Waals surface area contributed by atoms with Crippen molar-refractivity contribution in [3.05, 3.63) is 64.0 Å². The second-order valence-corrected chi connectivity index (χ2v) is 5.62. The summed E-state index contributed by atoms with van der Waals surface area (Å²) in [4.78, 5) is 0.172. The molecule has 4 heteroatoms. The minimum Gasteiger partial charge on any atom is -0.486 e. The maximum Gasteiger partial charge on any atom is 0.165 e. The first-order valence-corrected chi connectivity index (χ1v) is 7.08. The van der Waals surface area contributed by atoms with Gasteiger partial charge in [-0.2, -0.15) is 0 Å². The van der Waals surface area contributed by atoms with Crippen LogP contribution in [0.5, 0.6) is 5.75 Å². The van der Waals surface area contributed by atoms with Crippen molar-refractivity contribution in [2.45, 2.75) is 27.4 Å². The van der Waals surface area contributed by atoms with Crippen molar-refractivity contribution in [1.82, 2.24) is 0 Å². The summed E-state index contributed by atoms with van der Waals surface area (Å²) in [6.07, 6.45) is 0. The highest BCUT2D eigenvalue weighted by Crippen LogP contribution is 2.22. The van der Waals surface area contributed by atoms with Crippen molar-refractivity contribution in [3.63, 3.8) is 0 Å². The third-order valence-corrected chi connectivity index (χ3v) is 3.66. The smallest absolute Gasteiger partial charge is 0.165 e. The van der Waals surface area contributed by atoms with Crippen LogP contribution in [-0.4, -0.2) is 4.99 Å². The number of thiocarbonyl (C=S) groups is 1. The highest BCUT2D eigenvalue weighted by atomic mass is 32.1. The standard InChI is InChI=1S/C17H18FNOS/c1-10-6-11(2)14(12(3)7-10)9-20-16-5-4-13(17(19)21)8-15(16)18/h4-8H,9H2,1-3H3,(H2,19,21). The lowest BCUT2D eigenvalue weighted by atomic mass is 10.0. The van der Waals surface area contributed by atoms with Gasteiger partial charge in [0.25, 0.3) is 0 Å². The molecule has 0 unspecified atom stereocenters. The molecule has 2 N–H and O–H groups in total. The molecule has 2 rings (SSSR count). The highest BCUT2D eigenvalue weighted by Gasteiger charge is 2.09. The van der Waals surface area contributed by atoms with Crippen molar-refractivity contribution in [3.8, 4) is 5.75 Å². The number of ether oxygens (including phenoxy) is 1. The van der Waals surface area contributed by atoms with Gasteiger partial charge >= 0.3 is 0 Å². The Balaban J connectivity index is 2.19. The molecular weight excluding hydrogens is 285 g/mol. The van der Waals surface area contributed by atoms with Crippen LogP contribution in [0.2, 0.25) is 0 Å². The molecule has 0 radical (unpaired) electrons. The first-order chi connectivity index (χ1) is 9.88. The van der Waals surface area contributed by atoms with E-state index in [1.54, 1.807) is 12.1 Å². The first-order valence-electron chi connectivity index (χ1n) is 6.67. The van der Waals surface area contributed by atoms with Crippen LogP contribution in [0.3, 0.4) is 0 Å². The van der Waals surface area contributed by atoms with E-state index >= 15 is 0 Å². The van der Waals surface area contributed by atoms with Gasteiger partial charge in [0.2, 0.25) is 0 Å². The molecule has 0 bridgehead atoms. The van der Waals surface area contributed by atoms with Crippen molar-refractivity contribution in [1.29, 1.82) is 0 Å². The minimum absolute atomic E-state index is 0.172. The molecule has 2 aromatic rings. The molecule has 0 saturated heterocycles. The quantitative estimate of drug-likeness (QED) is 0.868. The molecule has 0 aliphatic rings. The fourth-order valence-electron chi connectivity index (χ4n) is 2.36. The number of hydrogen-bond donors (Lipinski definition) is 1. The minimum atomic E-state index is -0.456. The van der Waals surface area contributed by atoms with Crippen molar-refractivity contribution < 1.29 is 9.13 Å². The van der Waals surface area contributed by atoms with E-state index in [-0.39, 0.29) is 10.7 Å². The molecule has 110 valence electrons. The molecule has 0 aromatic heterocycles. The van der Waals surface area contributed by atoms with E-state index in [0.717, 1.165) is 16.7 Å². The lowest BCUT2D eigenvalue weighted by molar-refractivity contribution is 0.289. The third-order valence-electron chi connectivity index (χ3n) is 3.43. The Morgan fingerprint density at radius 1 is 1.14 bits per heavy atom. The Hall–Kier alpha value is -1.94. The Bertz CT molecular complexity index is 674. The number of benzene rings is 2. The topological polar surface area (TPSA) is 35.2 Å². The molecule has 0 saturated carbocycles. The molecular formula is C17H18FNOS. The molecule has 0 aliphatic carbocycles. The molecule has 0 fully saturated rings. The van der Waals surface area contributed by atoms with E-state index in [9.17, 15) is 4.39 Å². The number of aryl methyl sites for hydroxylation is 3. The van der Waals surface area contributed by atoms with Crippen LogP contribution in [0.25, 0.3) is 0 Å². The zero-order valence-corrected chi connectivity index (χ0v) is 13.2. The van der Waals surface area contributed by atoms with Gasteiger partial charge in [0.15, 0.2) is 11.6 Å². The SMILES string of the molecule is Cc1cc(C)c(COc2ccc(C(N)=S)cc2F)c(C)c1. The Kier molecular flexibility index (Phi) is 4.58. The van der Waals surface area contributed by atoms with Gasteiger partial charge in [-0.15, -0.1) is 0 Å². The van der Waals surface area contributed by atoms with Crippen molar-refractivity contribution in [2.75, 3.05) is 0 Å². The molecule has 0 amide bonds. The summed E-state index contributed by atoms with van der Waals surface area (Å²) < 4.78 is 19.5. The van der Waals surface area contributed by atoms with E-state index < -0.39 is 5.82 Å². The van der Waals surface area contributed by atoms with Crippen LogP contribution >= 0.6 is 12.2 Å². The maximum atomic E-state index is 13.9. The summed E-state index contributed by atoms with van der Waals surface area (Å²) in [6.45, 7) is 6.45. The van der Waals surface area contributed by atoms with E-state index in [4.69, 9.17) is 22.7 Å². The number of hydrogen-bond acceptors (Lipinski definition) is 2. The summed E-state index contributed by atoms with van der Waals surface area (Å²) in [5.41, 5.74) is 10.6. The van der Waals surface area contributed by atoms with E-state index in [0.29, 0.717) is 12.2 Å². The fraction of sp³-hybridized carbons (Fsp3) is 0.235. The van der Waals surface area contributed by atoms with Gasteiger partial charge < -0.3 is 10.5 Å². The van der Waals surface area contributed by atoms with E-state index in [1.165, 1.54) is 11.6 Å². The van der Waals surface area contributed by atoms with E-state index in [2.05, 4.69) is 19.1 Å². The van der Waals surface area contributed by atoms with E-state index in [1.807, 2.05) is 13.8 Å². The monoisotopic (exact) mass is 303 g/mol. The molecule has 0 spiro atoms. The number of nitrogens with two attached hydrogens (primary N) is 1. The van der Waals surface area contributed by atoms with Gasteiger partial charge in [-0.25, -0.2) is 4.39 Å². The highest BCUT2D eigenvalue weighted by molar-refractivity contribution is 7.80. The summed E-state index contributed by atoms with van der Waals surface area (Å²) in [5, 5.41) is 0. The Morgan fingerprint density at radius 3 is 2.29 bits per heavy atom. The fourth-order valence-corrected chi connectivity index (χ4v) is 2.49. The third kappa shape index (κ3) is 3.58. The Morgan fingerprint density at radius 2 is 1.76 bits per heavy atom. The summed E-state index contributed by atoms with van der Waals surface area (Å²) in [5.74, 6) is -0.253. The molecule has 2 aromatic carbocycles. The van der Waals surface area contributed by atoms with Gasteiger partial charge in [0.05, 0.1) is 0 Å². The number of halogens is 1. The Labute approximate surface area is 129 Å². The molecule has 0 heterocycles. The van der Waals surface area contributed by atoms with Gasteiger partial charge in [-0.1, -0.05) is 29.9 Å². The second kappa shape index (κ2) is 6.22. The molecule has 0 atom stereocenters. The second-order valence-electron chi connectivity index (χ2n) is 5.18. The normalized spacial score (nSPS) is 10.5. The lowest BCUT2D eigenvalue weighted by Crippen LogP contribution is -2.10. The van der Waals surface area contributed by atoms with Gasteiger partial charge in [0, 0.05) is 5.56 Å². The van der Waals surface area contributed by atoms with Crippen LogP contribution in [-0.2, 0) is 6.61 Å². The van der Waals surface area contributed by atoms with Crippen LogP contribution in [0.1, 0.15) is 27.8 Å². The predicted molar refractivity (Wildman–Crippen MR) is 87.3 cm³/mol. The number of rotatable bonds is 4. The van der Waals surface area contributed by atoms with Crippen LogP contribution in [0, 0.1) is 26.6 Å². The van der Waals surface area contributed by atoms with Crippen molar-refractivity contribution >= 4 is 17.2 Å². The molecule has 21 heavy (non-hydrogen) atoms. The average molecular weight is 303 g/mol. The van der Waals surface area contributed by atoms with Gasteiger partial charge in [-0.3, -0.25) is 0 Å². The lowest BCUT2D eigenvalue weighted by Gasteiger charge is -2.13. The van der Waals surface area contributed by atoms with Crippen LogP contribution in [0.4, 0.5) is 4.39 Å². The largest absolute Gasteiger partial charge is 0.486 e. The zero-order valence-electron chi connectivity index (χ0n) is 12.4. The maximum absolute atomic E-state index is 13.9. The first kappa shape index (κ1) is 15.4. The van der Waals surface area contributed by atoms with Gasteiger partial charge in [-0.05, 0) is 55.7 Å². The molecule has 2 nitrogen and oxygen atoms in total. The average Bonchev–Trinajstić information content (AvgIpc) is 2.38. The molecule has 0 aliphatic heterocycles.